The first-order chi connectivity index (χ1) is 12.2. The van der Waals surface area contributed by atoms with Crippen LogP contribution in [0.25, 0.3) is 5.69 Å². The lowest BCUT2D eigenvalue weighted by molar-refractivity contribution is -0.119. The summed E-state index contributed by atoms with van der Waals surface area (Å²) in [6.07, 6.45) is -0.348. The summed E-state index contributed by atoms with van der Waals surface area (Å²) in [6, 6.07) is 9.75. The van der Waals surface area contributed by atoms with Gasteiger partial charge in [0.2, 0.25) is 5.91 Å². The maximum absolute atomic E-state index is 12.5. The van der Waals surface area contributed by atoms with Crippen molar-refractivity contribution in [3.63, 3.8) is 0 Å². The first-order valence-electron chi connectivity index (χ1n) is 8.62. The number of para-hydroxylation sites is 1. The van der Waals surface area contributed by atoms with Crippen LogP contribution in [-0.4, -0.2) is 32.3 Å². The maximum atomic E-state index is 12.5. The van der Waals surface area contributed by atoms with E-state index in [1.54, 1.807) is 4.90 Å². The number of aromatic nitrogens is 2. The molecule has 0 saturated carbocycles. The maximum Gasteiger partial charge on any atom is 0.410 e. The number of rotatable bonds is 3. The number of carbonyl (C=O) groups is 2. The van der Waals surface area contributed by atoms with Gasteiger partial charge in [0.05, 0.1) is 36.7 Å². The summed E-state index contributed by atoms with van der Waals surface area (Å²) in [5, 5.41) is 7.45. The van der Waals surface area contributed by atoms with Crippen LogP contribution in [-0.2, 0) is 29.2 Å². The average Bonchev–Trinajstić information content (AvgIpc) is 3.11. The molecule has 0 saturated heterocycles. The van der Waals surface area contributed by atoms with E-state index in [4.69, 9.17) is 4.74 Å². The van der Waals surface area contributed by atoms with Crippen LogP contribution in [0.5, 0.6) is 0 Å². The number of carbonyl (C=O) groups excluding carboxylic acids is 2. The lowest BCUT2D eigenvalue weighted by atomic mass is 10.2. The molecule has 1 aromatic heterocycles. The normalized spacial score (nSPS) is 13.5. The number of amides is 2. The van der Waals surface area contributed by atoms with Crippen LogP contribution >= 0.6 is 0 Å². The Balaban J connectivity index is 1.91. The van der Waals surface area contributed by atoms with Gasteiger partial charge in [0, 0.05) is 12.5 Å². The van der Waals surface area contributed by atoms with E-state index in [1.165, 1.54) is 6.92 Å². The molecule has 0 bridgehead atoms. The van der Waals surface area contributed by atoms with Crippen LogP contribution in [0.2, 0.25) is 0 Å². The molecule has 0 radical (unpaired) electrons. The van der Waals surface area contributed by atoms with Crippen molar-refractivity contribution in [1.82, 2.24) is 20.0 Å². The van der Waals surface area contributed by atoms with E-state index in [2.05, 4.69) is 10.4 Å². The van der Waals surface area contributed by atoms with Crippen molar-refractivity contribution in [3.05, 3.63) is 47.3 Å². The number of ether oxygens (including phenoxy) is 1. The third-order valence-electron chi connectivity index (χ3n) is 4.02. The zero-order valence-electron chi connectivity index (χ0n) is 15.6. The third-order valence-corrected chi connectivity index (χ3v) is 4.02. The van der Waals surface area contributed by atoms with Crippen LogP contribution < -0.4 is 5.32 Å². The monoisotopic (exact) mass is 356 g/mol. The Bertz CT molecular complexity index is 821. The van der Waals surface area contributed by atoms with E-state index in [-0.39, 0.29) is 12.0 Å². The number of nitrogens with one attached hydrogen (secondary N) is 1. The predicted octanol–water partition coefficient (Wildman–Crippen LogP) is 2.76. The molecule has 0 unspecified atom stereocenters. The second-order valence-electron chi connectivity index (χ2n) is 7.37. The quantitative estimate of drug-likeness (QED) is 0.917. The standard InChI is InChI=1S/C19H24N4O3/c1-13(24)20-10-16-15-11-22(18(25)26-19(2,3)4)12-17(15)23(21-16)14-8-6-5-7-9-14/h5-9H,10-12H2,1-4H3,(H,20,24). The van der Waals surface area contributed by atoms with Crippen molar-refractivity contribution in [2.45, 2.75) is 52.9 Å². The van der Waals surface area contributed by atoms with Crippen molar-refractivity contribution in [2.75, 3.05) is 0 Å². The highest BCUT2D eigenvalue weighted by molar-refractivity contribution is 5.73. The first-order valence-corrected chi connectivity index (χ1v) is 8.62. The second kappa shape index (κ2) is 6.82. The SMILES string of the molecule is CC(=O)NCc1nn(-c2ccccc2)c2c1CN(C(=O)OC(C)(C)C)C2. The molecule has 1 aliphatic heterocycles. The van der Waals surface area contributed by atoms with E-state index in [1.807, 2.05) is 55.8 Å². The molecule has 0 spiro atoms. The molecule has 26 heavy (non-hydrogen) atoms. The summed E-state index contributed by atoms with van der Waals surface area (Å²) in [4.78, 5) is 25.4. The van der Waals surface area contributed by atoms with Crippen molar-refractivity contribution >= 4 is 12.0 Å². The molecular weight excluding hydrogens is 332 g/mol. The summed E-state index contributed by atoms with van der Waals surface area (Å²) >= 11 is 0. The zero-order chi connectivity index (χ0) is 18.9. The van der Waals surface area contributed by atoms with Crippen LogP contribution in [0.4, 0.5) is 4.79 Å². The fraction of sp³-hybridized carbons (Fsp3) is 0.421. The van der Waals surface area contributed by atoms with Crippen LogP contribution in [0.1, 0.15) is 44.6 Å². The fourth-order valence-electron chi connectivity index (χ4n) is 2.90. The summed E-state index contributed by atoms with van der Waals surface area (Å²) < 4.78 is 7.34. The Kier molecular flexibility index (Phi) is 4.71. The van der Waals surface area contributed by atoms with Gasteiger partial charge >= 0.3 is 6.09 Å². The zero-order valence-corrected chi connectivity index (χ0v) is 15.6. The Morgan fingerprint density at radius 2 is 1.88 bits per heavy atom. The highest BCUT2D eigenvalue weighted by Crippen LogP contribution is 2.29. The summed E-state index contributed by atoms with van der Waals surface area (Å²) in [5.74, 6) is -0.116. The molecule has 0 fully saturated rings. The molecule has 1 aliphatic rings. The highest BCUT2D eigenvalue weighted by Gasteiger charge is 2.33. The van der Waals surface area contributed by atoms with E-state index < -0.39 is 5.60 Å². The number of benzene rings is 1. The average molecular weight is 356 g/mol. The third kappa shape index (κ3) is 3.87. The molecule has 2 amide bonds. The molecule has 2 heterocycles. The van der Waals surface area contributed by atoms with Crippen molar-refractivity contribution in [3.8, 4) is 5.69 Å². The fourth-order valence-corrected chi connectivity index (χ4v) is 2.90. The predicted molar refractivity (Wildman–Crippen MR) is 96.6 cm³/mol. The van der Waals surface area contributed by atoms with Crippen LogP contribution in [0.15, 0.2) is 30.3 Å². The minimum atomic E-state index is -0.545. The second-order valence-corrected chi connectivity index (χ2v) is 7.37. The minimum absolute atomic E-state index is 0.116. The van der Waals surface area contributed by atoms with E-state index in [9.17, 15) is 9.59 Å². The number of nitrogens with zero attached hydrogens (tertiary/aromatic N) is 3. The molecule has 1 N–H and O–H groups in total. The smallest absolute Gasteiger partial charge is 0.410 e. The van der Waals surface area contributed by atoms with Crippen LogP contribution in [0, 0.1) is 0 Å². The number of hydrogen-bond donors (Lipinski definition) is 1. The summed E-state index contributed by atoms with van der Waals surface area (Å²) in [6.45, 7) is 8.20. The Morgan fingerprint density at radius 1 is 1.19 bits per heavy atom. The molecule has 7 nitrogen and oxygen atoms in total. The van der Waals surface area contributed by atoms with Gasteiger partial charge in [-0.05, 0) is 32.9 Å². The van der Waals surface area contributed by atoms with Gasteiger partial charge in [-0.2, -0.15) is 5.10 Å². The molecular formula is C19H24N4O3. The number of fused-ring (bicyclic) bond motifs is 1. The molecule has 138 valence electrons. The Labute approximate surface area is 152 Å². The number of hydrogen-bond acceptors (Lipinski definition) is 4. The van der Waals surface area contributed by atoms with E-state index in [0.29, 0.717) is 19.6 Å². The molecule has 0 aliphatic carbocycles. The van der Waals surface area contributed by atoms with Gasteiger partial charge in [-0.15, -0.1) is 0 Å². The highest BCUT2D eigenvalue weighted by atomic mass is 16.6. The van der Waals surface area contributed by atoms with Crippen molar-refractivity contribution in [1.29, 1.82) is 0 Å². The molecule has 1 aromatic carbocycles. The Hall–Kier alpha value is -2.83. The van der Waals surface area contributed by atoms with Crippen molar-refractivity contribution in [2.24, 2.45) is 0 Å². The van der Waals surface area contributed by atoms with Crippen LogP contribution in [0.3, 0.4) is 0 Å². The largest absolute Gasteiger partial charge is 0.444 e. The van der Waals surface area contributed by atoms with Gasteiger partial charge in [0.1, 0.15) is 5.60 Å². The van der Waals surface area contributed by atoms with Gasteiger partial charge in [-0.3, -0.25) is 9.69 Å². The van der Waals surface area contributed by atoms with Gasteiger partial charge < -0.3 is 10.1 Å². The summed E-state index contributed by atoms with van der Waals surface area (Å²) in [7, 11) is 0. The van der Waals surface area contributed by atoms with Gasteiger partial charge in [-0.1, -0.05) is 18.2 Å². The lowest BCUT2D eigenvalue weighted by Gasteiger charge is -2.24. The Morgan fingerprint density at radius 3 is 2.50 bits per heavy atom. The molecule has 0 atom stereocenters. The van der Waals surface area contributed by atoms with Crippen molar-refractivity contribution < 1.29 is 14.3 Å². The lowest BCUT2D eigenvalue weighted by Crippen LogP contribution is -2.34. The summed E-state index contributed by atoms with van der Waals surface area (Å²) in [5.41, 5.74) is 3.06. The van der Waals surface area contributed by atoms with Gasteiger partial charge in [0.25, 0.3) is 0 Å². The van der Waals surface area contributed by atoms with Gasteiger partial charge in [0.15, 0.2) is 0 Å². The molecule has 7 heteroatoms. The molecule has 2 aromatic rings. The van der Waals surface area contributed by atoms with E-state index in [0.717, 1.165) is 22.6 Å². The van der Waals surface area contributed by atoms with Gasteiger partial charge in [-0.25, -0.2) is 9.48 Å². The first kappa shape index (κ1) is 18.0. The molecule has 3 rings (SSSR count). The van der Waals surface area contributed by atoms with E-state index >= 15 is 0 Å². The minimum Gasteiger partial charge on any atom is -0.444 e. The topological polar surface area (TPSA) is 76.5 Å².